The van der Waals surface area contributed by atoms with Gasteiger partial charge in [0.25, 0.3) is 0 Å². The Morgan fingerprint density at radius 1 is 1.53 bits per heavy atom. The van der Waals surface area contributed by atoms with Crippen LogP contribution >= 0.6 is 0 Å². The van der Waals surface area contributed by atoms with Gasteiger partial charge >= 0.3 is 6.03 Å². The van der Waals surface area contributed by atoms with Crippen molar-refractivity contribution in [3.8, 4) is 6.07 Å². The van der Waals surface area contributed by atoms with Gasteiger partial charge in [-0.3, -0.25) is 0 Å². The first kappa shape index (κ1) is 13.4. The number of nitriles is 1. The summed E-state index contributed by atoms with van der Waals surface area (Å²) in [5, 5.41) is 11.7. The van der Waals surface area contributed by atoms with E-state index in [2.05, 4.69) is 18.3 Å². The quantitative estimate of drug-likeness (QED) is 0.883. The fourth-order valence-electron chi connectivity index (χ4n) is 2.55. The third-order valence-electron chi connectivity index (χ3n) is 3.60. The molecular weight excluding hydrogens is 238 g/mol. The molecule has 2 amide bonds. The third-order valence-corrected chi connectivity index (χ3v) is 3.60. The number of nitrogens with one attached hydrogen (secondary N) is 1. The van der Waals surface area contributed by atoms with Gasteiger partial charge in [-0.05, 0) is 43.9 Å². The van der Waals surface area contributed by atoms with Gasteiger partial charge in [-0.2, -0.15) is 5.26 Å². The number of hydrogen-bond acceptors (Lipinski definition) is 2. The van der Waals surface area contributed by atoms with E-state index in [0.29, 0.717) is 17.3 Å². The second-order valence-corrected chi connectivity index (χ2v) is 4.87. The van der Waals surface area contributed by atoms with Gasteiger partial charge < -0.3 is 10.2 Å². The molecule has 100 valence electrons. The molecule has 1 fully saturated rings. The van der Waals surface area contributed by atoms with Crippen LogP contribution in [-0.2, 0) is 0 Å². The lowest BCUT2D eigenvalue weighted by molar-refractivity contribution is 0.160. The molecule has 1 aromatic carbocycles. The van der Waals surface area contributed by atoms with Gasteiger partial charge in [-0.15, -0.1) is 0 Å². The Labute approximate surface area is 114 Å². The molecule has 1 N–H and O–H groups in total. The van der Waals surface area contributed by atoms with Gasteiger partial charge in [0.05, 0.1) is 11.6 Å². The molecule has 1 aromatic rings. The van der Waals surface area contributed by atoms with E-state index in [-0.39, 0.29) is 6.03 Å². The van der Waals surface area contributed by atoms with E-state index in [1.54, 1.807) is 18.2 Å². The minimum atomic E-state index is -0.0540. The molecule has 4 nitrogen and oxygen atoms in total. The fraction of sp³-hybridized carbons (Fsp3) is 0.467. The largest absolute Gasteiger partial charge is 0.322 e. The molecule has 0 saturated carbocycles. The van der Waals surface area contributed by atoms with Crippen molar-refractivity contribution in [3.63, 3.8) is 0 Å². The predicted molar refractivity (Wildman–Crippen MR) is 74.8 cm³/mol. The number of rotatable bonds is 2. The lowest BCUT2D eigenvalue weighted by Gasteiger charge is -2.35. The zero-order valence-corrected chi connectivity index (χ0v) is 11.2. The van der Waals surface area contributed by atoms with Crippen LogP contribution in [0.3, 0.4) is 0 Å². The monoisotopic (exact) mass is 257 g/mol. The minimum Gasteiger partial charge on any atom is -0.322 e. The van der Waals surface area contributed by atoms with E-state index in [9.17, 15) is 4.79 Å². The Bertz CT molecular complexity index is 492. The summed E-state index contributed by atoms with van der Waals surface area (Å²) in [6, 6.07) is 9.38. The Morgan fingerprint density at radius 2 is 2.37 bits per heavy atom. The van der Waals surface area contributed by atoms with Crippen molar-refractivity contribution in [1.29, 1.82) is 5.26 Å². The van der Waals surface area contributed by atoms with Gasteiger partial charge in [0.15, 0.2) is 0 Å². The number of anilines is 1. The number of benzene rings is 1. The molecule has 0 bridgehead atoms. The maximum atomic E-state index is 12.3. The van der Waals surface area contributed by atoms with Crippen LogP contribution in [0.5, 0.6) is 0 Å². The number of likely N-dealkylation sites (tertiary alicyclic amines) is 1. The average Bonchev–Trinajstić information content (AvgIpc) is 2.47. The maximum Gasteiger partial charge on any atom is 0.322 e. The van der Waals surface area contributed by atoms with E-state index >= 15 is 0 Å². The summed E-state index contributed by atoms with van der Waals surface area (Å²) in [7, 11) is 0. The van der Waals surface area contributed by atoms with E-state index in [4.69, 9.17) is 5.26 Å². The lowest BCUT2D eigenvalue weighted by Crippen LogP contribution is -2.45. The van der Waals surface area contributed by atoms with E-state index in [1.165, 1.54) is 6.42 Å². The molecule has 4 heteroatoms. The molecule has 1 saturated heterocycles. The van der Waals surface area contributed by atoms with Crippen molar-refractivity contribution in [2.24, 2.45) is 0 Å². The molecule has 1 aliphatic heterocycles. The summed E-state index contributed by atoms with van der Waals surface area (Å²) in [6.07, 6.45) is 4.35. The van der Waals surface area contributed by atoms with E-state index in [1.807, 2.05) is 11.0 Å². The number of carbonyl (C=O) groups is 1. The lowest BCUT2D eigenvalue weighted by atomic mass is 10.0. The molecule has 0 aromatic heterocycles. The fourth-order valence-corrected chi connectivity index (χ4v) is 2.55. The van der Waals surface area contributed by atoms with Gasteiger partial charge in [-0.1, -0.05) is 13.0 Å². The number of carbonyl (C=O) groups excluding carboxylic acids is 1. The highest BCUT2D eigenvalue weighted by Gasteiger charge is 2.25. The number of nitrogens with zero attached hydrogens (tertiary/aromatic N) is 2. The Morgan fingerprint density at radius 3 is 3.11 bits per heavy atom. The Balaban J connectivity index is 2.05. The first-order valence-electron chi connectivity index (χ1n) is 6.82. The molecule has 2 rings (SSSR count). The van der Waals surface area contributed by atoms with Gasteiger partial charge in [-0.25, -0.2) is 4.79 Å². The topological polar surface area (TPSA) is 56.1 Å². The number of hydrogen-bond donors (Lipinski definition) is 1. The van der Waals surface area contributed by atoms with Crippen molar-refractivity contribution >= 4 is 11.7 Å². The first-order chi connectivity index (χ1) is 9.24. The van der Waals surface area contributed by atoms with Gasteiger partial charge in [0, 0.05) is 18.3 Å². The molecule has 1 unspecified atom stereocenters. The average molecular weight is 257 g/mol. The van der Waals surface area contributed by atoms with Crippen LogP contribution in [0.2, 0.25) is 0 Å². The third kappa shape index (κ3) is 3.25. The maximum absolute atomic E-state index is 12.3. The van der Waals surface area contributed by atoms with Crippen LogP contribution in [0.1, 0.15) is 38.2 Å². The molecule has 1 atom stereocenters. The SMILES string of the molecule is CCC1CCCCN1C(=O)Nc1cccc(C#N)c1. The summed E-state index contributed by atoms with van der Waals surface area (Å²) in [5.74, 6) is 0. The molecule has 1 heterocycles. The highest BCUT2D eigenvalue weighted by atomic mass is 16.2. The summed E-state index contributed by atoms with van der Waals surface area (Å²) < 4.78 is 0. The van der Waals surface area contributed by atoms with Crippen molar-refractivity contribution in [3.05, 3.63) is 29.8 Å². The molecule has 0 spiro atoms. The highest BCUT2D eigenvalue weighted by Crippen LogP contribution is 2.21. The second kappa shape index (κ2) is 6.24. The van der Waals surface area contributed by atoms with Crippen LogP contribution < -0.4 is 5.32 Å². The Kier molecular flexibility index (Phi) is 4.40. The molecule has 1 aliphatic rings. The standard InChI is InChI=1S/C15H19N3O/c1-2-14-8-3-4-9-18(14)15(19)17-13-7-5-6-12(10-13)11-16/h5-7,10,14H,2-4,8-9H2,1H3,(H,17,19). The number of amides is 2. The zero-order valence-electron chi connectivity index (χ0n) is 11.2. The summed E-state index contributed by atoms with van der Waals surface area (Å²) in [5.41, 5.74) is 1.24. The highest BCUT2D eigenvalue weighted by molar-refractivity contribution is 5.89. The smallest absolute Gasteiger partial charge is 0.322 e. The molecule has 19 heavy (non-hydrogen) atoms. The Hall–Kier alpha value is -2.02. The molecule has 0 aliphatic carbocycles. The summed E-state index contributed by atoms with van der Waals surface area (Å²) in [4.78, 5) is 14.2. The molecular formula is C15H19N3O. The minimum absolute atomic E-state index is 0.0540. The van der Waals surface area contributed by atoms with Crippen LogP contribution in [-0.4, -0.2) is 23.5 Å². The van der Waals surface area contributed by atoms with E-state index in [0.717, 1.165) is 25.8 Å². The van der Waals surface area contributed by atoms with Gasteiger partial charge in [0.2, 0.25) is 0 Å². The number of urea groups is 1. The van der Waals surface area contributed by atoms with Crippen molar-refractivity contribution in [1.82, 2.24) is 4.90 Å². The van der Waals surface area contributed by atoms with Crippen LogP contribution in [0.15, 0.2) is 24.3 Å². The van der Waals surface area contributed by atoms with Crippen LogP contribution in [0.4, 0.5) is 10.5 Å². The number of piperidine rings is 1. The predicted octanol–water partition coefficient (Wildman–Crippen LogP) is 3.35. The van der Waals surface area contributed by atoms with Crippen molar-refractivity contribution in [2.45, 2.75) is 38.6 Å². The second-order valence-electron chi connectivity index (χ2n) is 4.87. The first-order valence-corrected chi connectivity index (χ1v) is 6.82. The van der Waals surface area contributed by atoms with E-state index < -0.39 is 0 Å². The summed E-state index contributed by atoms with van der Waals surface area (Å²) >= 11 is 0. The van der Waals surface area contributed by atoms with Crippen molar-refractivity contribution < 1.29 is 4.79 Å². The van der Waals surface area contributed by atoms with Gasteiger partial charge in [0.1, 0.15) is 0 Å². The summed E-state index contributed by atoms with van der Waals surface area (Å²) in [6.45, 7) is 2.94. The zero-order chi connectivity index (χ0) is 13.7. The van der Waals surface area contributed by atoms with Crippen molar-refractivity contribution in [2.75, 3.05) is 11.9 Å². The van der Waals surface area contributed by atoms with Crippen LogP contribution in [0, 0.1) is 11.3 Å². The van der Waals surface area contributed by atoms with Crippen LogP contribution in [0.25, 0.3) is 0 Å². The molecule has 0 radical (unpaired) electrons. The normalized spacial score (nSPS) is 18.7.